The van der Waals surface area contributed by atoms with Gasteiger partial charge in [0.2, 0.25) is 5.91 Å². The molecule has 4 aromatic carbocycles. The zero-order chi connectivity index (χ0) is 57.3. The SMILES string of the molecule is CN[C@H](CC(=O)O)C(=O)N1CCc2c1ccc(OCc1ccc(C3CCCCC3)c(N(C)C)c1)c2C.Cc1c(OCc2ccc(C3CCCCC3)c(N(C)C)c2)ccc2c1CCN2C(=O)[C@@H](CC(=O)O)N(C)C(=O)OC(C)(C)C. The number of carboxylic acid groups (broad SMARTS) is 2. The molecule has 2 fully saturated rings. The number of aliphatic carboxylic acids is 2. The van der Waals surface area contributed by atoms with E-state index in [1.807, 2.05) is 38.1 Å². The molecule has 0 bridgehead atoms. The Morgan fingerprint density at radius 3 is 1.44 bits per heavy atom. The third-order valence-electron chi connectivity index (χ3n) is 16.2. The molecule has 2 saturated carbocycles. The zero-order valence-corrected chi connectivity index (χ0v) is 48.7. The smallest absolute Gasteiger partial charge is 0.410 e. The van der Waals surface area contributed by atoms with Gasteiger partial charge in [-0.2, -0.15) is 0 Å². The lowest BCUT2D eigenvalue weighted by molar-refractivity contribution is -0.141. The highest BCUT2D eigenvalue weighted by molar-refractivity contribution is 6.02. The van der Waals surface area contributed by atoms with Gasteiger partial charge in [-0.25, -0.2) is 4.79 Å². The van der Waals surface area contributed by atoms with Crippen LogP contribution in [0.3, 0.4) is 0 Å². The first-order valence-electron chi connectivity index (χ1n) is 28.4. The van der Waals surface area contributed by atoms with Crippen LogP contribution in [-0.2, 0) is 50.0 Å². The summed E-state index contributed by atoms with van der Waals surface area (Å²) in [6.07, 6.45) is 12.8. The number of anilines is 4. The minimum absolute atomic E-state index is 0.207. The first-order chi connectivity index (χ1) is 37.6. The van der Waals surface area contributed by atoms with Gasteiger partial charge in [0.1, 0.15) is 36.4 Å². The summed E-state index contributed by atoms with van der Waals surface area (Å²) in [5.74, 6) is 0.0187. The molecule has 0 saturated heterocycles. The fraction of sp³-hybridized carbons (Fsp3) is 0.540. The number of carboxylic acids is 2. The van der Waals surface area contributed by atoms with Gasteiger partial charge in [0.25, 0.3) is 5.91 Å². The molecule has 8 rings (SSSR count). The molecule has 0 aromatic heterocycles. The first kappa shape index (κ1) is 59.8. The maximum Gasteiger partial charge on any atom is 0.410 e. The largest absolute Gasteiger partial charge is 0.489 e. The van der Waals surface area contributed by atoms with Crippen molar-refractivity contribution in [1.29, 1.82) is 0 Å². The predicted octanol–water partition coefficient (Wildman–Crippen LogP) is 10.9. The van der Waals surface area contributed by atoms with Gasteiger partial charge in [0.05, 0.1) is 18.9 Å². The van der Waals surface area contributed by atoms with Gasteiger partial charge in [0.15, 0.2) is 0 Å². The van der Waals surface area contributed by atoms with E-state index in [4.69, 9.17) is 19.3 Å². The molecule has 428 valence electrons. The third-order valence-corrected chi connectivity index (χ3v) is 16.2. The Morgan fingerprint density at radius 2 is 1.05 bits per heavy atom. The van der Waals surface area contributed by atoms with E-state index in [-0.39, 0.29) is 12.3 Å². The highest BCUT2D eigenvalue weighted by atomic mass is 16.6. The monoisotopic (exact) mass is 1090 g/mol. The second-order valence-electron chi connectivity index (χ2n) is 23.3. The van der Waals surface area contributed by atoms with Crippen molar-refractivity contribution in [3.8, 4) is 11.5 Å². The summed E-state index contributed by atoms with van der Waals surface area (Å²) < 4.78 is 18.0. The standard InChI is InChI=1S/C34H47N3O6.C29H39N3O4/c1-22-25-17-18-37(32(40)29(20-31(38)39)36(7)33(41)43-34(2,3)4)27(25)15-16-30(22)42-21-23-13-14-26(28(19-23)35(5)6)24-11-9-8-10-12-24;1-19-22-14-15-32(29(35)24(30-2)17-28(33)34)25(22)12-13-27(19)36-18-20-10-11-23(26(16-20)31(3)4)21-8-6-5-7-9-21/h13-16,19,24,29H,8-12,17-18,20-21H2,1-7H3,(H,38,39);10-13,16,21,24,30H,5-9,14-15,17-18H2,1-4H3,(H,33,34)/t29-;24-/m11/s1. The summed E-state index contributed by atoms with van der Waals surface area (Å²) in [7, 11) is 11.4. The van der Waals surface area contributed by atoms with Crippen LogP contribution in [0.2, 0.25) is 0 Å². The molecule has 79 heavy (non-hydrogen) atoms. The van der Waals surface area contributed by atoms with Crippen LogP contribution in [0.4, 0.5) is 27.5 Å². The molecular weight excluding hydrogens is 1000 g/mol. The number of nitrogens with one attached hydrogen (secondary N) is 1. The number of amides is 3. The summed E-state index contributed by atoms with van der Waals surface area (Å²) in [6.45, 7) is 11.0. The average molecular weight is 1090 g/mol. The van der Waals surface area contributed by atoms with Gasteiger partial charge in [-0.15, -0.1) is 0 Å². The first-order valence-corrected chi connectivity index (χ1v) is 28.4. The molecule has 2 aliphatic heterocycles. The number of rotatable bonds is 18. The predicted molar refractivity (Wildman–Crippen MR) is 311 cm³/mol. The maximum absolute atomic E-state index is 13.7. The van der Waals surface area contributed by atoms with E-state index in [1.54, 1.807) is 37.6 Å². The highest BCUT2D eigenvalue weighted by Gasteiger charge is 2.38. The number of fused-ring (bicyclic) bond motifs is 2. The lowest BCUT2D eigenvalue weighted by atomic mass is 9.83. The van der Waals surface area contributed by atoms with Gasteiger partial charge in [-0.1, -0.05) is 62.8 Å². The van der Waals surface area contributed by atoms with Crippen LogP contribution in [0.1, 0.15) is 154 Å². The Labute approximate surface area is 468 Å². The van der Waals surface area contributed by atoms with E-state index in [0.29, 0.717) is 44.6 Å². The van der Waals surface area contributed by atoms with Crippen molar-refractivity contribution < 1.29 is 48.4 Å². The fourth-order valence-corrected chi connectivity index (χ4v) is 11.9. The van der Waals surface area contributed by atoms with Crippen molar-refractivity contribution in [2.75, 3.05) is 75.0 Å². The van der Waals surface area contributed by atoms with Crippen molar-refractivity contribution in [2.24, 2.45) is 0 Å². The number of benzene rings is 4. The average Bonchev–Trinajstić information content (AvgIpc) is 4.18. The molecule has 0 spiro atoms. The Morgan fingerprint density at radius 1 is 0.620 bits per heavy atom. The van der Waals surface area contributed by atoms with Gasteiger partial charge >= 0.3 is 18.0 Å². The van der Waals surface area contributed by atoms with Gasteiger partial charge in [0, 0.05) is 71.1 Å². The topological polar surface area (TPSA) is 182 Å². The molecule has 4 aliphatic rings. The zero-order valence-electron chi connectivity index (χ0n) is 48.7. The molecule has 4 aromatic rings. The summed E-state index contributed by atoms with van der Waals surface area (Å²) in [5.41, 5.74) is 12.5. The fourth-order valence-electron chi connectivity index (χ4n) is 11.9. The van der Waals surface area contributed by atoms with E-state index >= 15 is 0 Å². The molecule has 16 heteroatoms. The molecule has 2 aliphatic carbocycles. The summed E-state index contributed by atoms with van der Waals surface area (Å²) >= 11 is 0. The van der Waals surface area contributed by atoms with Crippen molar-refractivity contribution >= 4 is 52.6 Å². The minimum atomic E-state index is -1.20. The van der Waals surface area contributed by atoms with Gasteiger partial charge in [-0.05, 0) is 173 Å². The molecule has 3 N–H and O–H groups in total. The molecule has 2 heterocycles. The maximum atomic E-state index is 13.7. The number of carbonyl (C=O) groups is 5. The van der Waals surface area contributed by atoms with Crippen LogP contribution in [0.15, 0.2) is 60.7 Å². The van der Waals surface area contributed by atoms with Crippen molar-refractivity contribution in [3.63, 3.8) is 0 Å². The number of likely N-dealkylation sites (N-methyl/N-ethyl adjacent to an activating group) is 2. The van der Waals surface area contributed by atoms with Crippen LogP contribution < -0.4 is 34.4 Å². The number of hydrogen-bond acceptors (Lipinski definition) is 11. The van der Waals surface area contributed by atoms with Crippen LogP contribution in [-0.4, -0.2) is 118 Å². The number of carbonyl (C=O) groups excluding carboxylic acids is 3. The summed E-state index contributed by atoms with van der Waals surface area (Å²) in [6, 6.07) is 19.0. The molecule has 3 amide bonds. The third kappa shape index (κ3) is 14.7. The number of hydrogen-bond donors (Lipinski definition) is 3. The highest BCUT2D eigenvalue weighted by Crippen LogP contribution is 2.42. The van der Waals surface area contributed by atoms with Gasteiger partial charge < -0.3 is 49.3 Å². The van der Waals surface area contributed by atoms with E-state index in [2.05, 4.69) is 79.7 Å². The summed E-state index contributed by atoms with van der Waals surface area (Å²) in [5, 5.41) is 21.5. The van der Waals surface area contributed by atoms with E-state index < -0.39 is 48.0 Å². The Hall–Kier alpha value is -6.81. The second kappa shape index (κ2) is 26.4. The normalized spacial score (nSPS) is 16.2. The molecule has 0 unspecified atom stereocenters. The van der Waals surface area contributed by atoms with Gasteiger partial charge in [-0.3, -0.25) is 24.1 Å². The van der Waals surface area contributed by atoms with E-state index in [1.165, 1.54) is 93.8 Å². The van der Waals surface area contributed by atoms with Crippen molar-refractivity contribution in [3.05, 3.63) is 105 Å². The Bertz CT molecular complexity index is 2830. The number of nitrogens with zero attached hydrogens (tertiary/aromatic N) is 5. The van der Waals surface area contributed by atoms with Crippen molar-refractivity contribution in [1.82, 2.24) is 10.2 Å². The molecule has 0 radical (unpaired) electrons. The number of ether oxygens (including phenoxy) is 3. The van der Waals surface area contributed by atoms with Crippen LogP contribution in [0, 0.1) is 13.8 Å². The van der Waals surface area contributed by atoms with E-state index in [0.717, 1.165) is 67.6 Å². The van der Waals surface area contributed by atoms with Crippen molar-refractivity contribution in [2.45, 2.75) is 167 Å². The van der Waals surface area contributed by atoms with E-state index in [9.17, 15) is 29.1 Å². The minimum Gasteiger partial charge on any atom is -0.489 e. The molecular formula is C63H86N6O10. The summed E-state index contributed by atoms with van der Waals surface area (Å²) in [4.78, 5) is 70.9. The lowest BCUT2D eigenvalue weighted by Gasteiger charge is -2.31. The molecule has 2 atom stereocenters. The second-order valence-corrected chi connectivity index (χ2v) is 23.3. The molecule has 16 nitrogen and oxygen atoms in total. The lowest BCUT2D eigenvalue weighted by Crippen LogP contribution is -2.51. The van der Waals surface area contributed by atoms with Crippen LogP contribution in [0.25, 0.3) is 0 Å². The van der Waals surface area contributed by atoms with Crippen LogP contribution in [0.5, 0.6) is 11.5 Å². The Balaban J connectivity index is 0.000000232. The quantitative estimate of drug-likeness (QED) is 0.0857. The Kier molecular flexibility index (Phi) is 20.0. The van der Waals surface area contributed by atoms with Crippen LogP contribution >= 0.6 is 0 Å².